The molecule has 0 spiro atoms. The molecule has 1 aromatic rings. The first-order valence-electron chi connectivity index (χ1n) is 9.10. The minimum absolute atomic E-state index is 0.0565. The van der Waals surface area contributed by atoms with Crippen molar-refractivity contribution in [3.63, 3.8) is 0 Å². The third-order valence-electron chi connectivity index (χ3n) is 5.33. The molecule has 1 amide bonds. The van der Waals surface area contributed by atoms with Crippen molar-refractivity contribution in [1.29, 1.82) is 0 Å². The standard InChI is InChI=1S/C20H30N2O2/c1-14-11-22(12-15(2)24-14)20(3,4)13-21-19(23)18-10-17(18)16-8-6-5-7-9-16/h5-9,14-15,17-18H,10-13H2,1-4H3,(H,21,23). The van der Waals surface area contributed by atoms with Gasteiger partial charge in [-0.2, -0.15) is 0 Å². The second-order valence-electron chi connectivity index (χ2n) is 8.05. The Morgan fingerprint density at radius 2 is 1.83 bits per heavy atom. The Hall–Kier alpha value is -1.39. The monoisotopic (exact) mass is 330 g/mol. The summed E-state index contributed by atoms with van der Waals surface area (Å²) in [5, 5.41) is 3.19. The molecular weight excluding hydrogens is 300 g/mol. The van der Waals surface area contributed by atoms with Gasteiger partial charge in [0.05, 0.1) is 12.2 Å². The molecule has 4 heteroatoms. The van der Waals surface area contributed by atoms with Crippen molar-refractivity contribution in [3.8, 4) is 0 Å². The number of carbonyl (C=O) groups excluding carboxylic acids is 1. The maximum atomic E-state index is 12.5. The predicted octanol–water partition coefficient (Wildman–Crippen LogP) is 2.79. The summed E-state index contributed by atoms with van der Waals surface area (Å²) in [5.74, 6) is 0.745. The number of rotatable bonds is 5. The van der Waals surface area contributed by atoms with Crippen LogP contribution in [0.5, 0.6) is 0 Å². The molecule has 2 fully saturated rings. The lowest BCUT2D eigenvalue weighted by Gasteiger charge is -2.45. The topological polar surface area (TPSA) is 41.6 Å². The first-order valence-corrected chi connectivity index (χ1v) is 9.10. The van der Waals surface area contributed by atoms with Gasteiger partial charge in [-0.15, -0.1) is 0 Å². The number of ether oxygens (including phenoxy) is 1. The summed E-state index contributed by atoms with van der Waals surface area (Å²) in [6.07, 6.45) is 1.46. The highest BCUT2D eigenvalue weighted by molar-refractivity contribution is 5.82. The van der Waals surface area contributed by atoms with Crippen LogP contribution in [0.25, 0.3) is 0 Å². The highest BCUT2D eigenvalue weighted by atomic mass is 16.5. The number of morpholine rings is 1. The molecule has 1 aromatic carbocycles. The van der Waals surface area contributed by atoms with E-state index >= 15 is 0 Å². The number of nitrogens with one attached hydrogen (secondary N) is 1. The van der Waals surface area contributed by atoms with Gasteiger partial charge in [0.25, 0.3) is 0 Å². The van der Waals surface area contributed by atoms with E-state index in [0.717, 1.165) is 19.5 Å². The third-order valence-corrected chi connectivity index (χ3v) is 5.33. The summed E-state index contributed by atoms with van der Waals surface area (Å²) in [6.45, 7) is 11.2. The van der Waals surface area contributed by atoms with Gasteiger partial charge in [0.2, 0.25) is 5.91 Å². The number of nitrogens with zero attached hydrogens (tertiary/aromatic N) is 1. The van der Waals surface area contributed by atoms with Crippen molar-refractivity contribution < 1.29 is 9.53 Å². The van der Waals surface area contributed by atoms with E-state index in [-0.39, 0.29) is 29.6 Å². The molecule has 0 radical (unpaired) electrons. The maximum Gasteiger partial charge on any atom is 0.223 e. The van der Waals surface area contributed by atoms with Crippen LogP contribution >= 0.6 is 0 Å². The van der Waals surface area contributed by atoms with Crippen LogP contribution in [0.2, 0.25) is 0 Å². The normalized spacial score (nSPS) is 30.8. The minimum atomic E-state index is -0.0565. The zero-order valence-electron chi connectivity index (χ0n) is 15.3. The maximum absolute atomic E-state index is 12.5. The molecule has 0 aromatic heterocycles. The molecule has 0 bridgehead atoms. The van der Waals surface area contributed by atoms with Crippen LogP contribution in [-0.4, -0.2) is 48.2 Å². The van der Waals surface area contributed by atoms with E-state index < -0.39 is 0 Å². The molecule has 1 N–H and O–H groups in total. The fourth-order valence-electron chi connectivity index (χ4n) is 3.77. The van der Waals surface area contributed by atoms with Crippen LogP contribution in [0.1, 0.15) is 45.6 Å². The summed E-state index contributed by atoms with van der Waals surface area (Å²) >= 11 is 0. The summed E-state index contributed by atoms with van der Waals surface area (Å²) in [5.41, 5.74) is 1.23. The van der Waals surface area contributed by atoms with Gasteiger partial charge in [0.1, 0.15) is 0 Å². The van der Waals surface area contributed by atoms with Gasteiger partial charge in [-0.3, -0.25) is 9.69 Å². The van der Waals surface area contributed by atoms with Crippen LogP contribution in [-0.2, 0) is 9.53 Å². The lowest BCUT2D eigenvalue weighted by molar-refractivity contribution is -0.124. The molecule has 3 rings (SSSR count). The molecule has 1 heterocycles. The smallest absolute Gasteiger partial charge is 0.223 e. The van der Waals surface area contributed by atoms with E-state index in [9.17, 15) is 4.79 Å². The number of benzene rings is 1. The summed E-state index contributed by atoms with van der Waals surface area (Å²) < 4.78 is 5.82. The van der Waals surface area contributed by atoms with Crippen LogP contribution < -0.4 is 5.32 Å². The zero-order valence-corrected chi connectivity index (χ0v) is 15.3. The van der Waals surface area contributed by atoms with Crippen molar-refractivity contribution in [1.82, 2.24) is 10.2 Å². The van der Waals surface area contributed by atoms with Crippen LogP contribution in [0, 0.1) is 5.92 Å². The predicted molar refractivity (Wildman–Crippen MR) is 96.0 cm³/mol. The Morgan fingerprint density at radius 1 is 1.21 bits per heavy atom. The molecule has 1 aliphatic carbocycles. The van der Waals surface area contributed by atoms with Crippen molar-refractivity contribution in [2.75, 3.05) is 19.6 Å². The second kappa shape index (κ2) is 6.85. The number of amides is 1. The molecule has 4 nitrogen and oxygen atoms in total. The van der Waals surface area contributed by atoms with Gasteiger partial charge >= 0.3 is 0 Å². The fourth-order valence-corrected chi connectivity index (χ4v) is 3.77. The van der Waals surface area contributed by atoms with Gasteiger partial charge in [-0.25, -0.2) is 0 Å². The van der Waals surface area contributed by atoms with Crippen LogP contribution in [0.4, 0.5) is 0 Å². The minimum Gasteiger partial charge on any atom is -0.373 e. The van der Waals surface area contributed by atoms with Gasteiger partial charge in [-0.05, 0) is 45.6 Å². The van der Waals surface area contributed by atoms with Crippen molar-refractivity contribution in [2.45, 2.75) is 57.8 Å². The molecule has 1 saturated heterocycles. The van der Waals surface area contributed by atoms with E-state index in [1.54, 1.807) is 0 Å². The molecule has 1 aliphatic heterocycles. The number of hydrogen-bond acceptors (Lipinski definition) is 3. The summed E-state index contributed by atoms with van der Waals surface area (Å²) in [7, 11) is 0. The highest BCUT2D eigenvalue weighted by Crippen LogP contribution is 2.47. The molecule has 4 unspecified atom stereocenters. The Morgan fingerprint density at radius 3 is 2.46 bits per heavy atom. The van der Waals surface area contributed by atoms with E-state index in [4.69, 9.17) is 4.74 Å². The number of hydrogen-bond donors (Lipinski definition) is 1. The van der Waals surface area contributed by atoms with Crippen molar-refractivity contribution in [3.05, 3.63) is 35.9 Å². The average Bonchev–Trinajstić information content (AvgIpc) is 3.33. The Bertz CT molecular complexity index is 562. The average molecular weight is 330 g/mol. The van der Waals surface area contributed by atoms with E-state index in [0.29, 0.717) is 12.5 Å². The van der Waals surface area contributed by atoms with E-state index in [1.807, 2.05) is 18.2 Å². The molecular formula is C20H30N2O2. The SMILES string of the molecule is CC1CN(C(C)(C)CNC(=O)C2CC2c2ccccc2)CC(C)O1. The first kappa shape index (κ1) is 17.4. The molecule has 24 heavy (non-hydrogen) atoms. The Kier molecular flexibility index (Phi) is 4.97. The van der Waals surface area contributed by atoms with Crippen molar-refractivity contribution in [2.24, 2.45) is 5.92 Å². The van der Waals surface area contributed by atoms with Gasteiger partial charge in [0.15, 0.2) is 0 Å². The zero-order chi connectivity index (χ0) is 17.3. The Labute approximate surface area is 145 Å². The van der Waals surface area contributed by atoms with Crippen LogP contribution in [0.15, 0.2) is 30.3 Å². The molecule has 132 valence electrons. The largest absolute Gasteiger partial charge is 0.373 e. The van der Waals surface area contributed by atoms with Gasteiger partial charge in [-0.1, -0.05) is 30.3 Å². The Balaban J connectivity index is 1.51. The third kappa shape index (κ3) is 3.98. The number of carbonyl (C=O) groups is 1. The summed E-state index contributed by atoms with van der Waals surface area (Å²) in [6, 6.07) is 10.4. The highest BCUT2D eigenvalue weighted by Gasteiger charge is 2.44. The van der Waals surface area contributed by atoms with Gasteiger partial charge < -0.3 is 10.1 Å². The molecule has 1 saturated carbocycles. The summed E-state index contributed by atoms with van der Waals surface area (Å²) in [4.78, 5) is 14.9. The quantitative estimate of drug-likeness (QED) is 0.903. The van der Waals surface area contributed by atoms with Crippen molar-refractivity contribution >= 4 is 5.91 Å². The van der Waals surface area contributed by atoms with E-state index in [1.165, 1.54) is 5.56 Å². The lowest BCUT2D eigenvalue weighted by Crippen LogP contribution is -2.58. The lowest BCUT2D eigenvalue weighted by atomic mass is 10.00. The molecule has 2 aliphatic rings. The van der Waals surface area contributed by atoms with Crippen LogP contribution in [0.3, 0.4) is 0 Å². The second-order valence-corrected chi connectivity index (χ2v) is 8.05. The fraction of sp³-hybridized carbons (Fsp3) is 0.650. The first-order chi connectivity index (χ1) is 11.4. The van der Waals surface area contributed by atoms with Gasteiger partial charge in [0, 0.05) is 31.1 Å². The van der Waals surface area contributed by atoms with E-state index in [2.05, 4.69) is 50.0 Å². The molecule has 4 atom stereocenters.